The summed E-state index contributed by atoms with van der Waals surface area (Å²) < 4.78 is 34.4. The lowest BCUT2D eigenvalue weighted by molar-refractivity contribution is -0.870. The van der Waals surface area contributed by atoms with Crippen LogP contribution in [0.5, 0.6) is 0 Å². The molecular formula is C95H166NO8P. The number of allylic oxidation sites excluding steroid dienone is 24. The number of unbranched alkanes of at least 4 members (excludes halogenated alkanes) is 43. The maximum absolute atomic E-state index is 12.9. The largest absolute Gasteiger partial charge is 0.756 e. The van der Waals surface area contributed by atoms with Crippen molar-refractivity contribution in [2.45, 2.75) is 399 Å². The minimum absolute atomic E-state index is 0.0416. The van der Waals surface area contributed by atoms with E-state index in [2.05, 4.69) is 160 Å². The van der Waals surface area contributed by atoms with Gasteiger partial charge in [-0.05, 0) is 103 Å². The summed E-state index contributed by atoms with van der Waals surface area (Å²) in [5.41, 5.74) is 0. The molecule has 0 saturated heterocycles. The Balaban J connectivity index is 4.00. The number of hydrogen-bond acceptors (Lipinski definition) is 8. The molecule has 0 aliphatic carbocycles. The number of phosphoric acid groups is 1. The molecule has 105 heavy (non-hydrogen) atoms. The normalized spacial score (nSPS) is 13.7. The highest BCUT2D eigenvalue weighted by atomic mass is 31.2. The number of quaternary nitrogens is 1. The Kier molecular flexibility index (Phi) is 80.6. The van der Waals surface area contributed by atoms with Gasteiger partial charge in [0.15, 0.2) is 6.10 Å². The SMILES string of the molecule is CC/C=C\C/C=C\C/C=C\C/C=C\C/C=C\C/C=C\C/C=C\C/C=C\C/C=C\C/C=C\C/C=C\C/C=C\CCCCCCC(=O)OC(COC(=O)CCCCCCCCCCCCCCCCCCCCCCCCCCCCCCCCCCCCCCCCCC)COP(=O)([O-])OCC[N+](C)(C)C. The van der Waals surface area contributed by atoms with Gasteiger partial charge in [-0.25, -0.2) is 0 Å². The molecule has 0 fully saturated rings. The Bertz CT molecular complexity index is 2290. The van der Waals surface area contributed by atoms with Gasteiger partial charge in [0.2, 0.25) is 0 Å². The third kappa shape index (κ3) is 88.7. The Morgan fingerprint density at radius 3 is 0.810 bits per heavy atom. The van der Waals surface area contributed by atoms with Gasteiger partial charge < -0.3 is 27.9 Å². The van der Waals surface area contributed by atoms with Crippen molar-refractivity contribution in [2.24, 2.45) is 0 Å². The molecule has 0 spiro atoms. The topological polar surface area (TPSA) is 111 Å². The van der Waals surface area contributed by atoms with E-state index in [4.69, 9.17) is 18.5 Å². The van der Waals surface area contributed by atoms with E-state index in [1.165, 1.54) is 238 Å². The van der Waals surface area contributed by atoms with Gasteiger partial charge in [-0.15, -0.1) is 0 Å². The summed E-state index contributed by atoms with van der Waals surface area (Å²) in [6.45, 7) is 4.13. The van der Waals surface area contributed by atoms with E-state index in [0.29, 0.717) is 17.4 Å². The highest BCUT2D eigenvalue weighted by Gasteiger charge is 2.22. The van der Waals surface area contributed by atoms with Crippen LogP contribution in [-0.4, -0.2) is 70.0 Å². The first-order valence-corrected chi connectivity index (χ1v) is 45.5. The molecule has 9 nitrogen and oxygen atoms in total. The van der Waals surface area contributed by atoms with Crippen molar-refractivity contribution >= 4 is 19.8 Å². The second-order valence-corrected chi connectivity index (χ2v) is 31.9. The molecule has 2 unspecified atom stereocenters. The van der Waals surface area contributed by atoms with E-state index in [1.807, 2.05) is 21.1 Å². The van der Waals surface area contributed by atoms with E-state index in [1.54, 1.807) is 0 Å². The van der Waals surface area contributed by atoms with Crippen LogP contribution in [0, 0.1) is 0 Å². The molecule has 0 aliphatic heterocycles. The smallest absolute Gasteiger partial charge is 0.306 e. The van der Waals surface area contributed by atoms with Gasteiger partial charge in [0, 0.05) is 12.8 Å². The van der Waals surface area contributed by atoms with E-state index in [-0.39, 0.29) is 32.0 Å². The monoisotopic (exact) mass is 1480 g/mol. The fraction of sp³-hybridized carbons (Fsp3) is 0.726. The lowest BCUT2D eigenvalue weighted by atomic mass is 10.0. The van der Waals surface area contributed by atoms with Gasteiger partial charge in [0.1, 0.15) is 19.8 Å². The number of esters is 2. The molecule has 0 heterocycles. The minimum Gasteiger partial charge on any atom is -0.756 e. The predicted octanol–water partition coefficient (Wildman–Crippen LogP) is 29.4. The number of carbonyl (C=O) groups excluding carboxylic acids is 2. The van der Waals surface area contributed by atoms with Crippen LogP contribution < -0.4 is 4.89 Å². The summed E-state index contributed by atoms with van der Waals surface area (Å²) in [5.74, 6) is -0.857. The van der Waals surface area contributed by atoms with Crippen LogP contribution in [0.25, 0.3) is 0 Å². The Labute approximate surface area is 650 Å². The Morgan fingerprint density at radius 1 is 0.305 bits per heavy atom. The predicted molar refractivity (Wildman–Crippen MR) is 457 cm³/mol. The summed E-state index contributed by atoms with van der Waals surface area (Å²) in [6.07, 6.45) is 124. The molecule has 10 heteroatoms. The standard InChI is InChI=1S/C95H166NO8P/c1-6-8-10-12-14-16-18-20-22-24-26-28-30-32-34-36-38-40-42-44-46-48-50-52-54-56-58-60-62-64-66-68-70-72-74-76-78-80-82-84-86-88-95(98)104-93(92-103-105(99,100)102-90-89-96(3,4)5)91-101-94(97)87-85-83-81-79-77-75-73-71-69-67-65-63-61-59-57-55-53-51-49-47-45-43-41-39-37-35-33-31-29-27-25-23-21-19-17-15-13-11-9-7-2/h8,10,14,16,20,22,26,28,32,34,38,40,44,46,50,52,56,58,62,64,68,70,74,76,93H,6-7,9,11-13,15,17-19,21,23-25,27,29-31,33,35-37,39,41-43,45,47-49,51,53-55,57,59-61,63,65-67,69,71-73,75,77-92H2,1-5H3/b10-8-,16-14-,22-20-,28-26-,34-32-,40-38-,46-44-,52-50-,58-56-,64-62-,70-68-,76-74-. The molecule has 0 aromatic rings. The first-order chi connectivity index (χ1) is 51.5. The summed E-state index contributed by atoms with van der Waals surface area (Å²) in [7, 11) is 1.14. The van der Waals surface area contributed by atoms with Crippen molar-refractivity contribution < 1.29 is 42.1 Å². The van der Waals surface area contributed by atoms with Crippen LogP contribution in [0.3, 0.4) is 0 Å². The van der Waals surface area contributed by atoms with Gasteiger partial charge >= 0.3 is 11.9 Å². The molecule has 0 amide bonds. The molecule has 0 saturated carbocycles. The van der Waals surface area contributed by atoms with Crippen LogP contribution in [0.1, 0.15) is 393 Å². The molecule has 0 aromatic carbocycles. The van der Waals surface area contributed by atoms with Gasteiger partial charge in [-0.3, -0.25) is 14.2 Å². The molecular weight excluding hydrogens is 1310 g/mol. The average molecular weight is 1480 g/mol. The van der Waals surface area contributed by atoms with Crippen molar-refractivity contribution in [3.63, 3.8) is 0 Å². The third-order valence-corrected chi connectivity index (χ3v) is 20.1. The number of nitrogens with zero attached hydrogens (tertiary/aromatic N) is 1. The zero-order valence-electron chi connectivity index (χ0n) is 69.1. The number of hydrogen-bond donors (Lipinski definition) is 0. The number of rotatable bonds is 81. The molecule has 0 aromatic heterocycles. The molecule has 0 bridgehead atoms. The van der Waals surface area contributed by atoms with Gasteiger partial charge in [-0.1, -0.05) is 423 Å². The highest BCUT2D eigenvalue weighted by Crippen LogP contribution is 2.38. The van der Waals surface area contributed by atoms with Crippen LogP contribution >= 0.6 is 7.82 Å². The molecule has 604 valence electrons. The van der Waals surface area contributed by atoms with Crippen LogP contribution in [0.15, 0.2) is 146 Å². The Morgan fingerprint density at radius 2 is 0.543 bits per heavy atom. The molecule has 0 N–H and O–H groups in total. The maximum atomic E-state index is 12.9. The first kappa shape index (κ1) is 101. The molecule has 0 rings (SSSR count). The summed E-state index contributed by atoms with van der Waals surface area (Å²) >= 11 is 0. The zero-order valence-corrected chi connectivity index (χ0v) is 70.0. The van der Waals surface area contributed by atoms with Gasteiger partial charge in [0.05, 0.1) is 27.7 Å². The summed E-state index contributed by atoms with van der Waals surface area (Å²) in [4.78, 5) is 38.2. The second kappa shape index (κ2) is 83.9. The minimum atomic E-state index is -4.66. The lowest BCUT2D eigenvalue weighted by Gasteiger charge is -2.28. The molecule has 0 aliphatic rings. The fourth-order valence-electron chi connectivity index (χ4n) is 12.5. The lowest BCUT2D eigenvalue weighted by Crippen LogP contribution is -2.37. The first-order valence-electron chi connectivity index (χ1n) is 44.0. The Hall–Kier alpha value is -4.11. The van der Waals surface area contributed by atoms with Gasteiger partial charge in [0.25, 0.3) is 7.82 Å². The summed E-state index contributed by atoms with van der Waals surface area (Å²) in [5, 5.41) is 0. The average Bonchev–Trinajstić information content (AvgIpc) is 0.935. The third-order valence-electron chi connectivity index (χ3n) is 19.1. The van der Waals surface area contributed by atoms with Crippen molar-refractivity contribution in [1.29, 1.82) is 0 Å². The van der Waals surface area contributed by atoms with Crippen molar-refractivity contribution in [3.05, 3.63) is 146 Å². The zero-order chi connectivity index (χ0) is 76.1. The van der Waals surface area contributed by atoms with Crippen molar-refractivity contribution in [3.8, 4) is 0 Å². The quantitative estimate of drug-likeness (QED) is 0.0195. The number of carbonyl (C=O) groups is 2. The number of ether oxygens (including phenoxy) is 2. The fourth-order valence-corrected chi connectivity index (χ4v) is 13.2. The van der Waals surface area contributed by atoms with E-state index in [9.17, 15) is 19.0 Å². The highest BCUT2D eigenvalue weighted by molar-refractivity contribution is 7.45. The van der Waals surface area contributed by atoms with Crippen LogP contribution in [0.2, 0.25) is 0 Å². The maximum Gasteiger partial charge on any atom is 0.306 e. The van der Waals surface area contributed by atoms with E-state index >= 15 is 0 Å². The molecule has 0 radical (unpaired) electrons. The van der Waals surface area contributed by atoms with Crippen LogP contribution in [0.4, 0.5) is 0 Å². The summed E-state index contributed by atoms with van der Waals surface area (Å²) in [6, 6.07) is 0. The van der Waals surface area contributed by atoms with Crippen molar-refractivity contribution in [1.82, 2.24) is 0 Å². The van der Waals surface area contributed by atoms with E-state index in [0.717, 1.165) is 122 Å². The van der Waals surface area contributed by atoms with Crippen molar-refractivity contribution in [2.75, 3.05) is 47.5 Å². The number of phosphoric ester groups is 1. The van der Waals surface area contributed by atoms with Crippen LogP contribution in [-0.2, 0) is 32.7 Å². The van der Waals surface area contributed by atoms with E-state index < -0.39 is 26.5 Å². The number of likely N-dealkylation sites (N-methyl/N-ethyl adjacent to an activating group) is 1. The molecule has 2 atom stereocenters. The van der Waals surface area contributed by atoms with Gasteiger partial charge in [-0.2, -0.15) is 0 Å². The second-order valence-electron chi connectivity index (χ2n) is 30.5.